The SMILES string of the molecule is [2H]C1([2H])C[C@]2(C)C3C[C@H](O)[C@@]4(C)C(CCC4[C@H](C)CCC(=O)NCCS(=O)(=O)[O-])C3CCC2C([2H])([2H])[C@@H]1O.[Na+]. The maximum absolute atomic E-state index is 12.2. The zero-order valence-electron chi connectivity index (χ0n) is 25.6. The van der Waals surface area contributed by atoms with Gasteiger partial charge in [0.1, 0.15) is 0 Å². The Morgan fingerprint density at radius 3 is 2.60 bits per heavy atom. The molecule has 4 rings (SSSR count). The van der Waals surface area contributed by atoms with Gasteiger partial charge in [0, 0.05) is 18.4 Å². The average Bonchev–Trinajstić information content (AvgIpc) is 3.14. The van der Waals surface area contributed by atoms with E-state index in [1.807, 2.05) is 6.92 Å². The topological polar surface area (TPSA) is 127 Å². The molecule has 4 aliphatic carbocycles. The van der Waals surface area contributed by atoms with Gasteiger partial charge in [0.15, 0.2) is 0 Å². The number of amides is 1. The number of hydrogen-bond acceptors (Lipinski definition) is 6. The van der Waals surface area contributed by atoms with E-state index in [0.29, 0.717) is 19.3 Å². The summed E-state index contributed by atoms with van der Waals surface area (Å²) in [6, 6.07) is 0. The molecule has 196 valence electrons. The number of nitrogens with one attached hydrogen (secondary N) is 1. The maximum Gasteiger partial charge on any atom is 1.00 e. The smallest absolute Gasteiger partial charge is 0.748 e. The normalized spacial score (nSPS) is 48.3. The first-order valence-corrected chi connectivity index (χ1v) is 14.5. The number of aliphatic hydroxyl groups excluding tert-OH is 2. The molecule has 5 unspecified atom stereocenters. The molecule has 4 saturated carbocycles. The standard InChI is InChI=1S/C26H45NO6S.Na/c1-16(4-9-24(30)27-12-13-34(31,32)33)20-7-8-21-19-6-5-17-14-18(28)10-11-25(17,2)22(19)15-23(29)26(20,21)3;/h16-23,28-29H,4-15H2,1-3H3,(H,27,30)(H,31,32,33);/q;+1/p-1/t16-,17?,18-,19?,20?,21?,22?,23+,25+,26-;/m1./s1/i10D2,14D2;. The second kappa shape index (κ2) is 11.2. The second-order valence-electron chi connectivity index (χ2n) is 11.9. The number of fused-ring (bicyclic) bond motifs is 5. The maximum atomic E-state index is 12.2. The molecule has 0 saturated heterocycles. The number of hydrogen-bond donors (Lipinski definition) is 3. The minimum atomic E-state index is -4.38. The largest absolute Gasteiger partial charge is 1.00 e. The van der Waals surface area contributed by atoms with Crippen LogP contribution in [0, 0.1) is 46.3 Å². The zero-order valence-corrected chi connectivity index (χ0v) is 24.4. The van der Waals surface area contributed by atoms with Gasteiger partial charge in [-0.05, 0) is 104 Å². The summed E-state index contributed by atoms with van der Waals surface area (Å²) in [7, 11) is -4.38. The van der Waals surface area contributed by atoms with Crippen LogP contribution in [0.5, 0.6) is 0 Å². The van der Waals surface area contributed by atoms with E-state index in [2.05, 4.69) is 19.2 Å². The van der Waals surface area contributed by atoms with Crippen molar-refractivity contribution in [2.24, 2.45) is 46.3 Å². The van der Waals surface area contributed by atoms with Gasteiger partial charge in [0.25, 0.3) is 0 Å². The van der Waals surface area contributed by atoms with E-state index in [9.17, 15) is 28.0 Å². The van der Waals surface area contributed by atoms with Crippen LogP contribution in [-0.2, 0) is 14.9 Å². The van der Waals surface area contributed by atoms with Gasteiger partial charge >= 0.3 is 29.6 Å². The Balaban J connectivity index is 0.00000420. The van der Waals surface area contributed by atoms with Crippen molar-refractivity contribution in [2.45, 2.75) is 97.1 Å². The van der Waals surface area contributed by atoms with Crippen LogP contribution in [0.2, 0.25) is 0 Å². The van der Waals surface area contributed by atoms with Crippen LogP contribution in [0.3, 0.4) is 0 Å². The Hall–Kier alpha value is 0.300. The zero-order chi connectivity index (χ0) is 28.5. The van der Waals surface area contributed by atoms with Crippen LogP contribution in [0.15, 0.2) is 0 Å². The molecule has 0 heterocycles. The number of carbonyl (C=O) groups excluding carboxylic acids is 1. The van der Waals surface area contributed by atoms with Crippen LogP contribution < -0.4 is 34.9 Å². The first-order valence-electron chi connectivity index (χ1n) is 14.9. The third kappa shape index (κ3) is 5.84. The average molecular weight is 526 g/mol. The van der Waals surface area contributed by atoms with Gasteiger partial charge in [-0.3, -0.25) is 4.79 Å². The summed E-state index contributed by atoms with van der Waals surface area (Å²) in [5.74, 6) is -0.601. The Labute approximate surface area is 239 Å². The fourth-order valence-electron chi connectivity index (χ4n) is 8.44. The third-order valence-corrected chi connectivity index (χ3v) is 11.0. The molecule has 7 nitrogen and oxygen atoms in total. The van der Waals surface area contributed by atoms with E-state index in [1.165, 1.54) is 0 Å². The minimum absolute atomic E-state index is 0. The van der Waals surface area contributed by atoms with Crippen molar-refractivity contribution in [2.75, 3.05) is 12.3 Å². The van der Waals surface area contributed by atoms with E-state index >= 15 is 0 Å². The van der Waals surface area contributed by atoms with Crippen LogP contribution in [0.25, 0.3) is 0 Å². The van der Waals surface area contributed by atoms with Crippen molar-refractivity contribution < 1.29 is 63.0 Å². The molecule has 9 heteroatoms. The first kappa shape index (κ1) is 24.3. The van der Waals surface area contributed by atoms with Crippen LogP contribution in [0.4, 0.5) is 0 Å². The second-order valence-corrected chi connectivity index (χ2v) is 13.4. The van der Waals surface area contributed by atoms with E-state index in [1.54, 1.807) is 0 Å². The van der Waals surface area contributed by atoms with E-state index in [0.717, 1.165) is 19.3 Å². The fraction of sp³-hybridized carbons (Fsp3) is 0.962. The van der Waals surface area contributed by atoms with Gasteiger partial charge in [-0.1, -0.05) is 20.8 Å². The van der Waals surface area contributed by atoms with Crippen molar-refractivity contribution in [1.29, 1.82) is 0 Å². The molecule has 1 amide bonds. The molecule has 0 spiro atoms. The predicted molar refractivity (Wildman–Crippen MR) is 129 cm³/mol. The Kier molecular flexibility index (Phi) is 7.78. The van der Waals surface area contributed by atoms with Gasteiger partial charge in [0.2, 0.25) is 5.91 Å². The van der Waals surface area contributed by atoms with Crippen LogP contribution in [-0.4, -0.2) is 53.6 Å². The summed E-state index contributed by atoms with van der Waals surface area (Å²) in [5, 5.41) is 24.7. The Bertz CT molecular complexity index is 1030. The van der Waals surface area contributed by atoms with Crippen molar-refractivity contribution in [3.05, 3.63) is 0 Å². The van der Waals surface area contributed by atoms with E-state index < -0.39 is 52.2 Å². The van der Waals surface area contributed by atoms with Crippen LogP contribution >= 0.6 is 0 Å². The van der Waals surface area contributed by atoms with Gasteiger partial charge in [-0.15, -0.1) is 0 Å². The molecule has 10 atom stereocenters. The Morgan fingerprint density at radius 1 is 1.20 bits per heavy atom. The monoisotopic (exact) mass is 525 g/mol. The van der Waals surface area contributed by atoms with E-state index in [-0.39, 0.29) is 89.9 Å². The number of rotatable bonds is 7. The Morgan fingerprint density at radius 2 is 1.91 bits per heavy atom. The minimum Gasteiger partial charge on any atom is -0.748 e. The summed E-state index contributed by atoms with van der Waals surface area (Å²) in [6.45, 7) is 6.04. The summed E-state index contributed by atoms with van der Waals surface area (Å²) in [4.78, 5) is 12.2. The molecule has 0 radical (unpaired) electrons. The number of carbonyl (C=O) groups is 1. The van der Waals surface area contributed by atoms with Gasteiger partial charge in [-0.2, -0.15) is 0 Å². The van der Waals surface area contributed by atoms with E-state index in [4.69, 9.17) is 5.48 Å². The van der Waals surface area contributed by atoms with Gasteiger partial charge < -0.3 is 20.1 Å². The predicted octanol–water partition coefficient (Wildman–Crippen LogP) is 0.0587. The molecule has 0 aromatic rings. The first-order chi connectivity index (χ1) is 17.4. The molecule has 3 N–H and O–H groups in total. The van der Waals surface area contributed by atoms with Crippen LogP contribution in [0.1, 0.15) is 90.4 Å². The number of aliphatic hydroxyl groups is 2. The third-order valence-electron chi connectivity index (χ3n) is 10.3. The molecule has 0 aromatic heterocycles. The molecule has 4 aliphatic rings. The molecule has 0 aromatic carbocycles. The summed E-state index contributed by atoms with van der Waals surface area (Å²) in [6.07, 6.45) is -1.73. The molecular formula is C26H44NNaO6S. The molecular weight excluding hydrogens is 477 g/mol. The van der Waals surface area contributed by atoms with Crippen molar-refractivity contribution in [1.82, 2.24) is 5.32 Å². The summed E-state index contributed by atoms with van der Waals surface area (Å²) in [5.41, 5.74) is -1.01. The van der Waals surface area contributed by atoms with Crippen molar-refractivity contribution >= 4 is 16.0 Å². The summed E-state index contributed by atoms with van der Waals surface area (Å²) < 4.78 is 66.5. The molecule has 0 aliphatic heterocycles. The van der Waals surface area contributed by atoms with Crippen molar-refractivity contribution in [3.63, 3.8) is 0 Å². The quantitative estimate of drug-likeness (QED) is 0.319. The molecule has 4 fully saturated rings. The molecule has 35 heavy (non-hydrogen) atoms. The van der Waals surface area contributed by atoms with Crippen molar-refractivity contribution in [3.8, 4) is 0 Å². The van der Waals surface area contributed by atoms with Gasteiger partial charge in [-0.25, -0.2) is 8.42 Å². The molecule has 0 bridgehead atoms. The summed E-state index contributed by atoms with van der Waals surface area (Å²) >= 11 is 0. The van der Waals surface area contributed by atoms with Gasteiger partial charge in [0.05, 0.1) is 28.1 Å². The fourth-order valence-corrected chi connectivity index (χ4v) is 8.79.